The number of nitrogens with zero attached hydrogens (tertiary/aromatic N) is 3. The van der Waals surface area contributed by atoms with E-state index in [4.69, 9.17) is 0 Å². The van der Waals surface area contributed by atoms with Crippen molar-refractivity contribution in [2.75, 3.05) is 24.6 Å². The monoisotopic (exact) mass is 334 g/mol. The number of benzene rings is 1. The van der Waals surface area contributed by atoms with Gasteiger partial charge in [-0.1, -0.05) is 12.1 Å². The third kappa shape index (κ3) is 3.67. The first-order valence-electron chi connectivity index (χ1n) is 7.51. The smallest absolute Gasteiger partial charge is 0.318 e. The molecule has 0 radical (unpaired) electrons. The van der Waals surface area contributed by atoms with E-state index in [-0.39, 0.29) is 11.8 Å². The number of carbonyl (C=O) groups excluding carboxylic acids is 1. The second-order valence-electron chi connectivity index (χ2n) is 5.43. The van der Waals surface area contributed by atoms with E-state index in [9.17, 15) is 9.18 Å². The number of carbonyl (C=O) groups is 1. The Bertz CT molecular complexity index is 667. The van der Waals surface area contributed by atoms with Gasteiger partial charge < -0.3 is 14.8 Å². The molecule has 1 saturated heterocycles. The summed E-state index contributed by atoms with van der Waals surface area (Å²) in [6.07, 6.45) is 3.52. The molecule has 7 heteroatoms. The zero-order valence-electron chi connectivity index (χ0n) is 12.9. The largest absolute Gasteiger partial charge is 0.336 e. The van der Waals surface area contributed by atoms with E-state index in [0.29, 0.717) is 0 Å². The van der Waals surface area contributed by atoms with Gasteiger partial charge in [-0.05, 0) is 17.7 Å². The molecule has 1 aromatic carbocycles. The number of aryl methyl sites for hydroxylation is 1. The molecule has 122 valence electrons. The minimum atomic E-state index is -0.405. The van der Waals surface area contributed by atoms with Crippen LogP contribution in [-0.2, 0) is 7.05 Å². The van der Waals surface area contributed by atoms with Crippen LogP contribution in [0.4, 0.5) is 9.18 Å². The van der Waals surface area contributed by atoms with Crippen LogP contribution in [0.2, 0.25) is 0 Å². The number of aromatic nitrogens is 2. The summed E-state index contributed by atoms with van der Waals surface area (Å²) in [6, 6.07) is 5.65. The van der Waals surface area contributed by atoms with Crippen molar-refractivity contribution >= 4 is 17.8 Å². The maximum atomic E-state index is 13.2. The van der Waals surface area contributed by atoms with E-state index < -0.39 is 6.04 Å². The molecule has 0 unspecified atom stereocenters. The molecule has 3 rings (SSSR count). The highest BCUT2D eigenvalue weighted by Crippen LogP contribution is 2.21. The number of thioether (sulfide) groups is 1. The van der Waals surface area contributed by atoms with Gasteiger partial charge in [-0.15, -0.1) is 0 Å². The van der Waals surface area contributed by atoms with Gasteiger partial charge in [0.25, 0.3) is 0 Å². The molecule has 5 nitrogen and oxygen atoms in total. The van der Waals surface area contributed by atoms with Crippen LogP contribution in [-0.4, -0.2) is 45.1 Å². The minimum Gasteiger partial charge on any atom is -0.336 e. The van der Waals surface area contributed by atoms with Crippen LogP contribution in [0.5, 0.6) is 0 Å². The lowest BCUT2D eigenvalue weighted by Crippen LogP contribution is -2.46. The van der Waals surface area contributed by atoms with Crippen LogP contribution < -0.4 is 5.32 Å². The Morgan fingerprint density at radius 3 is 2.61 bits per heavy atom. The molecule has 0 bridgehead atoms. The first-order chi connectivity index (χ1) is 11.1. The Morgan fingerprint density at radius 2 is 2.00 bits per heavy atom. The average molecular weight is 334 g/mol. The summed E-state index contributed by atoms with van der Waals surface area (Å²) in [5.74, 6) is 2.33. The van der Waals surface area contributed by atoms with Gasteiger partial charge in [0.15, 0.2) is 0 Å². The molecule has 23 heavy (non-hydrogen) atoms. The van der Waals surface area contributed by atoms with E-state index in [1.165, 1.54) is 12.1 Å². The number of imidazole rings is 1. The number of urea groups is 1. The fourth-order valence-corrected chi connectivity index (χ4v) is 3.49. The van der Waals surface area contributed by atoms with Gasteiger partial charge in [-0.25, -0.2) is 14.2 Å². The van der Waals surface area contributed by atoms with E-state index in [1.807, 2.05) is 34.5 Å². The maximum Gasteiger partial charge on any atom is 0.318 e. The number of nitrogens with one attached hydrogen (secondary N) is 1. The standard InChI is InChI=1S/C16H19FN4OS/c1-20-7-6-18-15(20)14(12-2-4-13(17)5-3-12)19-16(22)21-8-10-23-11-9-21/h2-7,14H,8-11H2,1H3,(H,19,22)/t14-/m0/s1. The molecular formula is C16H19FN4OS. The zero-order valence-corrected chi connectivity index (χ0v) is 13.7. The molecule has 0 saturated carbocycles. The van der Waals surface area contributed by atoms with Crippen LogP contribution in [0.1, 0.15) is 17.4 Å². The SMILES string of the molecule is Cn1ccnc1[C@@H](NC(=O)N1CCSCC1)c1ccc(F)cc1. The van der Waals surface area contributed by atoms with Crippen molar-refractivity contribution in [2.45, 2.75) is 6.04 Å². The summed E-state index contributed by atoms with van der Waals surface area (Å²) in [4.78, 5) is 18.7. The van der Waals surface area contributed by atoms with E-state index in [1.54, 1.807) is 18.3 Å². The van der Waals surface area contributed by atoms with Crippen LogP contribution in [0.25, 0.3) is 0 Å². The zero-order chi connectivity index (χ0) is 16.2. The molecule has 1 fully saturated rings. The molecule has 1 aromatic heterocycles. The highest BCUT2D eigenvalue weighted by molar-refractivity contribution is 7.99. The van der Waals surface area contributed by atoms with Gasteiger partial charge in [0.05, 0.1) is 0 Å². The van der Waals surface area contributed by atoms with Gasteiger partial charge in [0.2, 0.25) is 0 Å². The topological polar surface area (TPSA) is 50.2 Å². The van der Waals surface area contributed by atoms with E-state index >= 15 is 0 Å². The lowest BCUT2D eigenvalue weighted by molar-refractivity contribution is 0.200. The molecule has 0 spiro atoms. The van der Waals surface area contributed by atoms with Crippen molar-refractivity contribution in [1.82, 2.24) is 19.8 Å². The Balaban J connectivity index is 1.84. The molecule has 2 heterocycles. The van der Waals surface area contributed by atoms with E-state index in [2.05, 4.69) is 10.3 Å². The van der Waals surface area contributed by atoms with Gasteiger partial charge in [0.1, 0.15) is 17.7 Å². The quantitative estimate of drug-likeness (QED) is 0.938. The number of halogens is 1. The van der Waals surface area contributed by atoms with Gasteiger partial charge in [-0.3, -0.25) is 0 Å². The first-order valence-corrected chi connectivity index (χ1v) is 8.66. The van der Waals surface area contributed by atoms with Crippen molar-refractivity contribution in [1.29, 1.82) is 0 Å². The van der Waals surface area contributed by atoms with Gasteiger partial charge in [-0.2, -0.15) is 11.8 Å². The fourth-order valence-electron chi connectivity index (χ4n) is 2.59. The summed E-state index contributed by atoms with van der Waals surface area (Å²) in [7, 11) is 1.88. The number of hydrogen-bond acceptors (Lipinski definition) is 3. The Labute approximate surface area is 138 Å². The summed E-state index contributed by atoms with van der Waals surface area (Å²) in [5.41, 5.74) is 0.806. The summed E-state index contributed by atoms with van der Waals surface area (Å²) in [6.45, 7) is 1.49. The third-order valence-corrected chi connectivity index (χ3v) is 4.83. The van der Waals surface area contributed by atoms with Crippen molar-refractivity contribution in [2.24, 2.45) is 7.05 Å². The highest BCUT2D eigenvalue weighted by atomic mass is 32.2. The second-order valence-corrected chi connectivity index (χ2v) is 6.65. The number of rotatable bonds is 3. The first kappa shape index (κ1) is 15.9. The average Bonchev–Trinajstić information content (AvgIpc) is 3.00. The highest BCUT2D eigenvalue weighted by Gasteiger charge is 2.24. The molecule has 1 aliphatic heterocycles. The molecule has 2 amide bonds. The predicted octanol–water partition coefficient (Wildman–Crippen LogP) is 2.41. The molecule has 0 aliphatic carbocycles. The van der Waals surface area contributed by atoms with Crippen molar-refractivity contribution in [3.63, 3.8) is 0 Å². The van der Waals surface area contributed by atoms with Crippen LogP contribution in [0.3, 0.4) is 0 Å². The summed E-state index contributed by atoms with van der Waals surface area (Å²) in [5, 5.41) is 3.04. The fraction of sp³-hybridized carbons (Fsp3) is 0.375. The second kappa shape index (κ2) is 7.04. The van der Waals surface area contributed by atoms with Crippen molar-refractivity contribution < 1.29 is 9.18 Å². The van der Waals surface area contributed by atoms with Crippen molar-refractivity contribution in [3.8, 4) is 0 Å². The predicted molar refractivity (Wildman–Crippen MR) is 88.9 cm³/mol. The third-order valence-electron chi connectivity index (χ3n) is 3.89. The molecule has 2 aromatic rings. The Kier molecular flexibility index (Phi) is 4.85. The molecule has 1 N–H and O–H groups in total. The molecule has 1 atom stereocenters. The van der Waals surface area contributed by atoms with E-state index in [0.717, 1.165) is 36.0 Å². The normalized spacial score (nSPS) is 16.2. The molecule has 1 aliphatic rings. The Morgan fingerprint density at radius 1 is 1.30 bits per heavy atom. The molecular weight excluding hydrogens is 315 g/mol. The minimum absolute atomic E-state index is 0.109. The van der Waals surface area contributed by atoms with Crippen LogP contribution >= 0.6 is 11.8 Å². The van der Waals surface area contributed by atoms with Crippen molar-refractivity contribution in [3.05, 3.63) is 53.9 Å². The lowest BCUT2D eigenvalue weighted by Gasteiger charge is -2.29. The van der Waals surface area contributed by atoms with Gasteiger partial charge in [0, 0.05) is 44.0 Å². The van der Waals surface area contributed by atoms with Gasteiger partial charge >= 0.3 is 6.03 Å². The van der Waals surface area contributed by atoms with Crippen LogP contribution in [0.15, 0.2) is 36.7 Å². The summed E-state index contributed by atoms with van der Waals surface area (Å²) >= 11 is 1.85. The number of amides is 2. The maximum absolute atomic E-state index is 13.2. The summed E-state index contributed by atoms with van der Waals surface area (Å²) < 4.78 is 15.1. The number of hydrogen-bond donors (Lipinski definition) is 1. The lowest BCUT2D eigenvalue weighted by atomic mass is 10.1. The van der Waals surface area contributed by atoms with Crippen LogP contribution in [0, 0.1) is 5.82 Å². The Hall–Kier alpha value is -2.02.